The number of pyridine rings is 1. The number of halogens is 1. The summed E-state index contributed by atoms with van der Waals surface area (Å²) in [5, 5.41) is 1.64. The fourth-order valence-electron chi connectivity index (χ4n) is 3.30. The van der Waals surface area contributed by atoms with Gasteiger partial charge in [0, 0.05) is 37.8 Å². The highest BCUT2D eigenvalue weighted by molar-refractivity contribution is 6.33. The minimum absolute atomic E-state index is 0.00120. The van der Waals surface area contributed by atoms with Crippen LogP contribution < -0.4 is 4.90 Å². The van der Waals surface area contributed by atoms with E-state index in [1.807, 2.05) is 29.3 Å². The van der Waals surface area contributed by atoms with Crippen molar-refractivity contribution in [2.24, 2.45) is 0 Å². The molecule has 126 valence electrons. The van der Waals surface area contributed by atoms with Gasteiger partial charge in [-0.3, -0.25) is 9.78 Å². The number of nitrogens with zero attached hydrogens (tertiary/aromatic N) is 3. The van der Waals surface area contributed by atoms with Gasteiger partial charge in [0.1, 0.15) is 0 Å². The van der Waals surface area contributed by atoms with Crippen LogP contribution in [0.1, 0.15) is 10.4 Å². The Morgan fingerprint density at radius 3 is 2.48 bits per heavy atom. The second-order valence-corrected chi connectivity index (χ2v) is 6.52. The molecular weight excluding hydrogens is 334 g/mol. The lowest BCUT2D eigenvalue weighted by molar-refractivity contribution is 0.0747. The van der Waals surface area contributed by atoms with Crippen molar-refractivity contribution in [3.8, 4) is 0 Å². The molecule has 0 spiro atoms. The van der Waals surface area contributed by atoms with Gasteiger partial charge in [-0.15, -0.1) is 0 Å². The normalized spacial score (nSPS) is 14.8. The fraction of sp³-hybridized carbons (Fsp3) is 0.200. The van der Waals surface area contributed by atoms with Gasteiger partial charge in [0.2, 0.25) is 0 Å². The standard InChI is InChI=1S/C20H18ClN3O/c21-17-8-2-1-7-16(17)20(25)24-13-11-23(12-14-24)18-9-3-5-15-6-4-10-22-19(15)18/h1-10H,11-14H2. The number of rotatable bonds is 2. The molecule has 0 N–H and O–H groups in total. The van der Waals surface area contributed by atoms with Gasteiger partial charge < -0.3 is 9.80 Å². The van der Waals surface area contributed by atoms with E-state index in [0.29, 0.717) is 23.7 Å². The first-order valence-electron chi connectivity index (χ1n) is 8.36. The Bertz CT molecular complexity index is 914. The lowest BCUT2D eigenvalue weighted by atomic mass is 10.1. The highest BCUT2D eigenvalue weighted by atomic mass is 35.5. The zero-order valence-electron chi connectivity index (χ0n) is 13.7. The molecule has 1 aliphatic rings. The van der Waals surface area contributed by atoms with Gasteiger partial charge in [0.15, 0.2) is 0 Å². The summed E-state index contributed by atoms with van der Waals surface area (Å²) in [7, 11) is 0. The van der Waals surface area contributed by atoms with E-state index in [0.717, 1.165) is 29.7 Å². The minimum Gasteiger partial charge on any atom is -0.366 e. The molecule has 25 heavy (non-hydrogen) atoms. The number of benzene rings is 2. The maximum absolute atomic E-state index is 12.7. The summed E-state index contributed by atoms with van der Waals surface area (Å²) in [6.07, 6.45) is 1.82. The Hall–Kier alpha value is -2.59. The minimum atomic E-state index is 0.00120. The van der Waals surface area contributed by atoms with Crippen molar-refractivity contribution in [2.75, 3.05) is 31.1 Å². The first-order valence-corrected chi connectivity index (χ1v) is 8.74. The molecule has 0 bridgehead atoms. The average Bonchev–Trinajstić information content (AvgIpc) is 2.67. The molecule has 1 saturated heterocycles. The monoisotopic (exact) mass is 351 g/mol. The highest BCUT2D eigenvalue weighted by Gasteiger charge is 2.24. The smallest absolute Gasteiger partial charge is 0.255 e. The van der Waals surface area contributed by atoms with Crippen LogP contribution in [-0.4, -0.2) is 42.0 Å². The molecule has 2 heterocycles. The average molecular weight is 352 g/mol. The van der Waals surface area contributed by atoms with E-state index in [1.54, 1.807) is 12.1 Å². The Kier molecular flexibility index (Phi) is 4.28. The van der Waals surface area contributed by atoms with Crippen molar-refractivity contribution in [3.05, 3.63) is 71.4 Å². The Balaban J connectivity index is 1.52. The number of carbonyl (C=O) groups is 1. The quantitative estimate of drug-likeness (QED) is 0.703. The van der Waals surface area contributed by atoms with E-state index in [9.17, 15) is 4.79 Å². The van der Waals surface area contributed by atoms with Crippen molar-refractivity contribution in [2.45, 2.75) is 0 Å². The van der Waals surface area contributed by atoms with Gasteiger partial charge >= 0.3 is 0 Å². The Labute approximate surface area is 151 Å². The largest absolute Gasteiger partial charge is 0.366 e. The highest BCUT2D eigenvalue weighted by Crippen LogP contribution is 2.26. The van der Waals surface area contributed by atoms with Gasteiger partial charge in [0.25, 0.3) is 5.91 Å². The predicted octanol–water partition coefficient (Wildman–Crippen LogP) is 3.85. The second kappa shape index (κ2) is 6.73. The van der Waals surface area contributed by atoms with Gasteiger partial charge in [-0.2, -0.15) is 0 Å². The molecular formula is C20H18ClN3O. The lowest BCUT2D eigenvalue weighted by Crippen LogP contribution is -2.49. The molecule has 0 unspecified atom stereocenters. The van der Waals surface area contributed by atoms with Crippen molar-refractivity contribution in [1.82, 2.24) is 9.88 Å². The number of piperazine rings is 1. The summed E-state index contributed by atoms with van der Waals surface area (Å²) in [4.78, 5) is 21.4. The molecule has 0 saturated carbocycles. The van der Waals surface area contributed by atoms with Crippen molar-refractivity contribution in [1.29, 1.82) is 0 Å². The predicted molar refractivity (Wildman–Crippen MR) is 101 cm³/mol. The number of para-hydroxylation sites is 1. The molecule has 0 radical (unpaired) electrons. The van der Waals surface area contributed by atoms with Gasteiger partial charge in [-0.25, -0.2) is 0 Å². The number of hydrogen-bond acceptors (Lipinski definition) is 3. The molecule has 1 aliphatic heterocycles. The SMILES string of the molecule is O=C(c1ccccc1Cl)N1CCN(c2cccc3cccnc23)CC1. The number of hydrogen-bond donors (Lipinski definition) is 0. The van der Waals surface area contributed by atoms with Crippen molar-refractivity contribution in [3.63, 3.8) is 0 Å². The van der Waals surface area contributed by atoms with Gasteiger partial charge in [-0.1, -0.05) is 41.9 Å². The van der Waals surface area contributed by atoms with Crippen LogP contribution in [0.5, 0.6) is 0 Å². The van der Waals surface area contributed by atoms with E-state index in [2.05, 4.69) is 34.1 Å². The van der Waals surface area contributed by atoms with Crippen molar-refractivity contribution < 1.29 is 4.79 Å². The summed E-state index contributed by atoms with van der Waals surface area (Å²) in [6.45, 7) is 2.91. The third-order valence-corrected chi connectivity index (χ3v) is 4.95. The Morgan fingerprint density at radius 1 is 0.920 bits per heavy atom. The molecule has 1 amide bonds. The van der Waals surface area contributed by atoms with Crippen molar-refractivity contribution >= 4 is 34.1 Å². The molecule has 5 heteroatoms. The molecule has 1 fully saturated rings. The van der Waals surface area contributed by atoms with Crippen LogP contribution in [0.3, 0.4) is 0 Å². The summed E-state index contributed by atoms with van der Waals surface area (Å²) in [5.74, 6) is 0.00120. The third-order valence-electron chi connectivity index (χ3n) is 4.62. The second-order valence-electron chi connectivity index (χ2n) is 6.11. The number of fused-ring (bicyclic) bond motifs is 1. The molecule has 1 aromatic heterocycles. The van der Waals surface area contributed by atoms with Crippen LogP contribution in [0, 0.1) is 0 Å². The topological polar surface area (TPSA) is 36.4 Å². The lowest BCUT2D eigenvalue weighted by Gasteiger charge is -2.36. The van der Waals surface area contributed by atoms with Crippen LogP contribution in [0.2, 0.25) is 5.02 Å². The van der Waals surface area contributed by atoms with Crippen LogP contribution in [0.4, 0.5) is 5.69 Å². The molecule has 0 atom stereocenters. The van der Waals surface area contributed by atoms with Gasteiger partial charge in [-0.05, 0) is 24.3 Å². The maximum Gasteiger partial charge on any atom is 0.255 e. The Morgan fingerprint density at radius 2 is 1.68 bits per heavy atom. The van der Waals surface area contributed by atoms with E-state index in [1.165, 1.54) is 0 Å². The third kappa shape index (κ3) is 3.05. The molecule has 4 nitrogen and oxygen atoms in total. The van der Waals surface area contributed by atoms with Gasteiger partial charge in [0.05, 0.1) is 21.8 Å². The summed E-state index contributed by atoms with van der Waals surface area (Å²) >= 11 is 6.16. The van der Waals surface area contributed by atoms with Crippen LogP contribution in [0.15, 0.2) is 60.8 Å². The number of aromatic nitrogens is 1. The van der Waals surface area contributed by atoms with E-state index >= 15 is 0 Å². The molecule has 4 rings (SSSR count). The maximum atomic E-state index is 12.7. The van der Waals surface area contributed by atoms with E-state index < -0.39 is 0 Å². The number of amides is 1. The first-order chi connectivity index (χ1) is 12.2. The summed E-state index contributed by atoms with van der Waals surface area (Å²) < 4.78 is 0. The molecule has 2 aromatic carbocycles. The summed E-state index contributed by atoms with van der Waals surface area (Å²) in [6, 6.07) is 17.5. The number of anilines is 1. The van der Waals surface area contributed by atoms with Crippen LogP contribution in [0.25, 0.3) is 10.9 Å². The van der Waals surface area contributed by atoms with Crippen LogP contribution >= 0.6 is 11.6 Å². The van der Waals surface area contributed by atoms with E-state index in [4.69, 9.17) is 11.6 Å². The van der Waals surface area contributed by atoms with Crippen LogP contribution in [-0.2, 0) is 0 Å². The molecule has 0 aliphatic carbocycles. The zero-order chi connectivity index (χ0) is 17.2. The van der Waals surface area contributed by atoms with E-state index in [-0.39, 0.29) is 5.91 Å². The fourth-order valence-corrected chi connectivity index (χ4v) is 3.52. The summed E-state index contributed by atoms with van der Waals surface area (Å²) in [5.41, 5.74) is 2.71. The number of carbonyl (C=O) groups excluding carboxylic acids is 1. The molecule has 3 aromatic rings. The zero-order valence-corrected chi connectivity index (χ0v) is 14.5. The first kappa shape index (κ1) is 15.9.